The molecule has 0 spiro atoms. The average Bonchev–Trinajstić information content (AvgIpc) is 3.30. The summed E-state index contributed by atoms with van der Waals surface area (Å²) in [5, 5.41) is 6.79. The van der Waals surface area contributed by atoms with Crippen molar-refractivity contribution < 1.29 is 18.8 Å². The summed E-state index contributed by atoms with van der Waals surface area (Å²) >= 11 is 0. The van der Waals surface area contributed by atoms with Crippen molar-refractivity contribution in [1.29, 1.82) is 0 Å². The summed E-state index contributed by atoms with van der Waals surface area (Å²) in [5.41, 5.74) is 1.65. The molecular weight excluding hydrogens is 411 g/mol. The first-order valence-corrected chi connectivity index (χ1v) is 10.8. The Morgan fingerprint density at radius 2 is 1.78 bits per heavy atom. The molecule has 0 aliphatic carbocycles. The highest BCUT2D eigenvalue weighted by Crippen LogP contribution is 2.19. The van der Waals surface area contributed by atoms with Crippen LogP contribution in [0, 0.1) is 5.82 Å². The Morgan fingerprint density at radius 1 is 1.09 bits per heavy atom. The van der Waals surface area contributed by atoms with E-state index in [1.54, 1.807) is 23.1 Å². The normalized spacial score (nSPS) is 19.8. The molecule has 2 aliphatic heterocycles. The van der Waals surface area contributed by atoms with E-state index in [0.717, 1.165) is 18.7 Å². The van der Waals surface area contributed by atoms with E-state index in [4.69, 9.17) is 4.84 Å². The molecular formula is C24H27FN4O3. The van der Waals surface area contributed by atoms with Crippen LogP contribution in [0.4, 0.5) is 4.39 Å². The lowest BCUT2D eigenvalue weighted by atomic mass is 10.0. The Hall–Kier alpha value is -3.26. The van der Waals surface area contributed by atoms with Gasteiger partial charge in [-0.15, -0.1) is 0 Å². The van der Waals surface area contributed by atoms with Crippen molar-refractivity contribution >= 4 is 17.5 Å². The summed E-state index contributed by atoms with van der Waals surface area (Å²) in [7, 11) is 2.02. The van der Waals surface area contributed by atoms with Crippen LogP contribution in [0.1, 0.15) is 17.5 Å². The Balaban J connectivity index is 1.44. The number of amides is 2. The fourth-order valence-corrected chi connectivity index (χ4v) is 3.93. The molecule has 8 heteroatoms. The zero-order valence-corrected chi connectivity index (χ0v) is 18.0. The molecule has 2 unspecified atom stereocenters. The number of nitrogens with zero attached hydrogens (tertiary/aromatic N) is 3. The molecule has 2 aliphatic rings. The number of rotatable bonds is 6. The molecule has 2 heterocycles. The minimum atomic E-state index is -0.900. The molecule has 2 aromatic rings. The molecule has 32 heavy (non-hydrogen) atoms. The lowest BCUT2D eigenvalue weighted by Crippen LogP contribution is -2.56. The molecule has 168 valence electrons. The predicted octanol–water partition coefficient (Wildman–Crippen LogP) is 1.82. The summed E-state index contributed by atoms with van der Waals surface area (Å²) < 4.78 is 14.1. The van der Waals surface area contributed by atoms with Gasteiger partial charge >= 0.3 is 0 Å². The molecule has 4 rings (SSSR count). The number of hydrogen-bond donors (Lipinski definition) is 1. The molecule has 0 radical (unpaired) electrons. The first kappa shape index (κ1) is 22.0. The van der Waals surface area contributed by atoms with Gasteiger partial charge in [-0.2, -0.15) is 0 Å². The number of halogens is 1. The Labute approximate surface area is 186 Å². The standard InChI is InChI=1S/C24H27FN4O3/c1-28-11-13-29(14-12-28)24(31)21(15-17-7-3-2-4-8-17)26-23(30)22-16-20(27-32-22)18-9-5-6-10-19(18)25/h2-10,21-22H,11-16H2,1H3,(H,26,30). The predicted molar refractivity (Wildman–Crippen MR) is 119 cm³/mol. The second-order valence-corrected chi connectivity index (χ2v) is 8.20. The molecule has 2 atom stereocenters. The molecule has 0 aromatic heterocycles. The number of benzene rings is 2. The molecule has 7 nitrogen and oxygen atoms in total. The van der Waals surface area contributed by atoms with Crippen molar-refractivity contribution in [2.75, 3.05) is 33.2 Å². The molecule has 1 saturated heterocycles. The van der Waals surface area contributed by atoms with Crippen LogP contribution < -0.4 is 5.32 Å². The monoisotopic (exact) mass is 438 g/mol. The first-order valence-electron chi connectivity index (χ1n) is 10.8. The Morgan fingerprint density at radius 3 is 2.50 bits per heavy atom. The maximum Gasteiger partial charge on any atom is 0.265 e. The fraction of sp³-hybridized carbons (Fsp3) is 0.375. The van der Waals surface area contributed by atoms with Crippen molar-refractivity contribution in [1.82, 2.24) is 15.1 Å². The van der Waals surface area contributed by atoms with Gasteiger partial charge in [-0.3, -0.25) is 9.59 Å². The first-order chi connectivity index (χ1) is 15.5. The summed E-state index contributed by atoms with van der Waals surface area (Å²) in [6.07, 6.45) is -0.373. The van der Waals surface area contributed by atoms with Gasteiger partial charge in [0.25, 0.3) is 5.91 Å². The van der Waals surface area contributed by atoms with Crippen molar-refractivity contribution in [3.05, 3.63) is 71.5 Å². The van der Waals surface area contributed by atoms with Crippen molar-refractivity contribution in [2.24, 2.45) is 5.16 Å². The van der Waals surface area contributed by atoms with Gasteiger partial charge in [0.1, 0.15) is 11.9 Å². The maximum atomic E-state index is 14.1. The molecule has 2 amide bonds. The van der Waals surface area contributed by atoms with Gasteiger partial charge in [-0.05, 0) is 18.7 Å². The van der Waals surface area contributed by atoms with E-state index in [-0.39, 0.29) is 12.3 Å². The highest BCUT2D eigenvalue weighted by molar-refractivity contribution is 6.04. The largest absolute Gasteiger partial charge is 0.382 e. The lowest BCUT2D eigenvalue weighted by molar-refractivity contribution is -0.140. The number of hydrogen-bond acceptors (Lipinski definition) is 5. The van der Waals surface area contributed by atoms with Crippen LogP contribution in [0.5, 0.6) is 0 Å². The zero-order valence-electron chi connectivity index (χ0n) is 18.0. The fourth-order valence-electron chi connectivity index (χ4n) is 3.93. The third kappa shape index (κ3) is 5.13. The van der Waals surface area contributed by atoms with Crippen LogP contribution in [0.2, 0.25) is 0 Å². The highest BCUT2D eigenvalue weighted by atomic mass is 19.1. The Bertz CT molecular complexity index is 990. The van der Waals surface area contributed by atoms with Crippen LogP contribution in [-0.2, 0) is 20.8 Å². The number of carbonyl (C=O) groups excluding carboxylic acids is 2. The Kier molecular flexibility index (Phi) is 6.80. The van der Waals surface area contributed by atoms with E-state index < -0.39 is 23.9 Å². The molecule has 1 N–H and O–H groups in total. The minimum absolute atomic E-state index is 0.108. The van der Waals surface area contributed by atoms with Crippen LogP contribution in [0.3, 0.4) is 0 Å². The van der Waals surface area contributed by atoms with Crippen LogP contribution >= 0.6 is 0 Å². The number of piperazine rings is 1. The minimum Gasteiger partial charge on any atom is -0.382 e. The van der Waals surface area contributed by atoms with Gasteiger partial charge in [0.2, 0.25) is 12.0 Å². The van der Waals surface area contributed by atoms with Crippen LogP contribution in [0.25, 0.3) is 0 Å². The second-order valence-electron chi connectivity index (χ2n) is 8.20. The van der Waals surface area contributed by atoms with Crippen LogP contribution in [-0.4, -0.2) is 72.7 Å². The number of carbonyl (C=O) groups is 2. The van der Waals surface area contributed by atoms with Crippen molar-refractivity contribution in [2.45, 2.75) is 25.0 Å². The van der Waals surface area contributed by atoms with Gasteiger partial charge in [-0.25, -0.2) is 4.39 Å². The average molecular weight is 439 g/mol. The molecule has 0 saturated carbocycles. The van der Waals surface area contributed by atoms with Crippen molar-refractivity contribution in [3.8, 4) is 0 Å². The van der Waals surface area contributed by atoms with E-state index in [1.807, 2.05) is 37.4 Å². The molecule has 2 aromatic carbocycles. The summed E-state index contributed by atoms with van der Waals surface area (Å²) in [6, 6.07) is 15.1. The van der Waals surface area contributed by atoms with E-state index in [1.165, 1.54) is 6.07 Å². The van der Waals surface area contributed by atoms with Gasteiger partial charge in [0.15, 0.2) is 0 Å². The van der Waals surface area contributed by atoms with Crippen molar-refractivity contribution in [3.63, 3.8) is 0 Å². The number of oxime groups is 1. The summed E-state index contributed by atoms with van der Waals surface area (Å²) in [4.78, 5) is 35.5. The van der Waals surface area contributed by atoms with Gasteiger partial charge in [0.05, 0.1) is 5.71 Å². The SMILES string of the molecule is CN1CCN(C(=O)C(Cc2ccccc2)NC(=O)C2CC(c3ccccc3F)=NO2)CC1. The lowest BCUT2D eigenvalue weighted by Gasteiger charge is -2.35. The van der Waals surface area contributed by atoms with E-state index in [0.29, 0.717) is 30.8 Å². The van der Waals surface area contributed by atoms with Gasteiger partial charge in [0, 0.05) is 44.6 Å². The van der Waals surface area contributed by atoms with Crippen LogP contribution in [0.15, 0.2) is 59.8 Å². The van der Waals surface area contributed by atoms with E-state index >= 15 is 0 Å². The quantitative estimate of drug-likeness (QED) is 0.747. The summed E-state index contributed by atoms with van der Waals surface area (Å²) in [5.74, 6) is -0.949. The second kappa shape index (κ2) is 9.91. The third-order valence-electron chi connectivity index (χ3n) is 5.86. The third-order valence-corrected chi connectivity index (χ3v) is 5.86. The zero-order chi connectivity index (χ0) is 22.5. The number of nitrogens with one attached hydrogen (secondary N) is 1. The molecule has 0 bridgehead atoms. The molecule has 1 fully saturated rings. The van der Waals surface area contributed by atoms with E-state index in [9.17, 15) is 14.0 Å². The highest BCUT2D eigenvalue weighted by Gasteiger charge is 2.34. The van der Waals surface area contributed by atoms with E-state index in [2.05, 4.69) is 15.4 Å². The summed E-state index contributed by atoms with van der Waals surface area (Å²) in [6.45, 7) is 2.83. The topological polar surface area (TPSA) is 74.2 Å². The van der Waals surface area contributed by atoms with Gasteiger partial charge < -0.3 is 20.0 Å². The van der Waals surface area contributed by atoms with Gasteiger partial charge in [-0.1, -0.05) is 53.7 Å². The number of likely N-dealkylation sites (N-methyl/N-ethyl adjacent to an activating group) is 1. The maximum absolute atomic E-state index is 14.1. The smallest absolute Gasteiger partial charge is 0.265 e.